The van der Waals surface area contributed by atoms with Gasteiger partial charge in [0.05, 0.1) is 29.3 Å². The van der Waals surface area contributed by atoms with Crippen molar-refractivity contribution >= 4 is 61.8 Å². The van der Waals surface area contributed by atoms with Crippen LogP contribution in [0.4, 0.5) is 5.69 Å². The molecule has 0 saturated heterocycles. The van der Waals surface area contributed by atoms with Crippen molar-refractivity contribution in [1.29, 1.82) is 0 Å². The lowest BCUT2D eigenvalue weighted by Crippen LogP contribution is -2.28. The van der Waals surface area contributed by atoms with Crippen molar-refractivity contribution in [1.82, 2.24) is 9.55 Å². The Balaban J connectivity index is 1.84. The van der Waals surface area contributed by atoms with Gasteiger partial charge in [-0.25, -0.2) is 4.98 Å². The van der Waals surface area contributed by atoms with Gasteiger partial charge in [-0.15, -0.1) is 0 Å². The number of aliphatic hydroxyl groups is 1. The first-order valence-corrected chi connectivity index (χ1v) is 11.0. The topological polar surface area (TPSA) is 84.2 Å². The maximum atomic E-state index is 12.9. The third-order valence-electron chi connectivity index (χ3n) is 4.12. The fraction of sp³-hybridized carbons (Fsp3) is 0.250. The highest BCUT2D eigenvalue weighted by Gasteiger charge is 2.15. The molecule has 1 aromatic heterocycles. The largest absolute Gasteiger partial charge is 0.392 e. The van der Waals surface area contributed by atoms with Crippen molar-refractivity contribution in [3.8, 4) is 0 Å². The minimum absolute atomic E-state index is 0.0553. The zero-order chi connectivity index (χ0) is 21.1. The highest BCUT2D eigenvalue weighted by Crippen LogP contribution is 2.23. The summed E-state index contributed by atoms with van der Waals surface area (Å²) >= 11 is 10.6. The predicted octanol–water partition coefficient (Wildman–Crippen LogP) is 4.23. The summed E-state index contributed by atoms with van der Waals surface area (Å²) in [5, 5.41) is 14.0. The van der Waals surface area contributed by atoms with Crippen molar-refractivity contribution in [3.05, 3.63) is 61.8 Å². The molecule has 9 heteroatoms. The number of halogens is 2. The number of carbonyl (C=O) groups excluding carboxylic acids is 1. The first-order chi connectivity index (χ1) is 13.7. The van der Waals surface area contributed by atoms with E-state index in [1.165, 1.54) is 4.57 Å². The maximum absolute atomic E-state index is 12.9. The number of benzene rings is 2. The van der Waals surface area contributed by atoms with Gasteiger partial charge in [-0.2, -0.15) is 0 Å². The number of hydrogen-bond acceptors (Lipinski definition) is 5. The lowest BCUT2D eigenvalue weighted by atomic mass is 10.2. The zero-order valence-corrected chi connectivity index (χ0v) is 18.9. The minimum atomic E-state index is -0.734. The number of hydrogen-bond donors (Lipinski definition) is 2. The van der Waals surface area contributed by atoms with E-state index in [0.29, 0.717) is 26.8 Å². The molecule has 0 radical (unpaired) electrons. The number of thioether (sulfide) groups is 1. The van der Waals surface area contributed by atoms with Crippen molar-refractivity contribution in [2.45, 2.75) is 31.7 Å². The van der Waals surface area contributed by atoms with E-state index in [-0.39, 0.29) is 23.8 Å². The molecule has 0 aliphatic rings. The van der Waals surface area contributed by atoms with Crippen LogP contribution in [-0.4, -0.2) is 32.4 Å². The van der Waals surface area contributed by atoms with Crippen LogP contribution in [0, 0.1) is 6.92 Å². The highest BCUT2D eigenvalue weighted by molar-refractivity contribution is 9.10. The third-order valence-corrected chi connectivity index (χ3v) is 5.99. The Morgan fingerprint density at radius 2 is 2.10 bits per heavy atom. The number of nitrogens with zero attached hydrogens (tertiary/aromatic N) is 2. The van der Waals surface area contributed by atoms with Gasteiger partial charge in [0.25, 0.3) is 5.56 Å². The first kappa shape index (κ1) is 21.8. The SMILES string of the molecule is Cc1ccc(NC(=O)CSc2nc3ccc(Br)cc3c(=O)n2CC(C)O)cc1Cl. The molecule has 1 heterocycles. The fourth-order valence-electron chi connectivity index (χ4n) is 2.71. The summed E-state index contributed by atoms with van der Waals surface area (Å²) in [7, 11) is 0. The first-order valence-electron chi connectivity index (χ1n) is 8.81. The number of aryl methyl sites for hydroxylation is 1. The Morgan fingerprint density at radius 3 is 2.79 bits per heavy atom. The number of amides is 1. The van der Waals surface area contributed by atoms with Crippen LogP contribution in [0.2, 0.25) is 5.02 Å². The zero-order valence-electron chi connectivity index (χ0n) is 15.8. The van der Waals surface area contributed by atoms with Gasteiger partial charge in [0.15, 0.2) is 5.16 Å². The van der Waals surface area contributed by atoms with Gasteiger partial charge < -0.3 is 10.4 Å². The molecule has 6 nitrogen and oxygen atoms in total. The van der Waals surface area contributed by atoms with Crippen LogP contribution in [-0.2, 0) is 11.3 Å². The Kier molecular flexibility index (Phi) is 7.00. The maximum Gasteiger partial charge on any atom is 0.262 e. The van der Waals surface area contributed by atoms with Crippen LogP contribution in [0.3, 0.4) is 0 Å². The van der Waals surface area contributed by atoms with Gasteiger partial charge in [0.1, 0.15) is 0 Å². The van der Waals surface area contributed by atoms with E-state index >= 15 is 0 Å². The molecule has 1 amide bonds. The molecule has 3 rings (SSSR count). The van der Waals surface area contributed by atoms with Gasteiger partial charge in [-0.3, -0.25) is 14.2 Å². The normalized spacial score (nSPS) is 12.2. The van der Waals surface area contributed by atoms with Crippen LogP contribution < -0.4 is 10.9 Å². The van der Waals surface area contributed by atoms with E-state index in [1.54, 1.807) is 37.3 Å². The van der Waals surface area contributed by atoms with Gasteiger partial charge in [0, 0.05) is 15.2 Å². The van der Waals surface area contributed by atoms with Crippen molar-refractivity contribution in [2.75, 3.05) is 11.1 Å². The Morgan fingerprint density at radius 1 is 1.34 bits per heavy atom. The lowest BCUT2D eigenvalue weighted by molar-refractivity contribution is -0.113. The van der Waals surface area contributed by atoms with Crippen LogP contribution in [0.25, 0.3) is 10.9 Å². The van der Waals surface area contributed by atoms with E-state index in [0.717, 1.165) is 21.8 Å². The highest BCUT2D eigenvalue weighted by atomic mass is 79.9. The second kappa shape index (κ2) is 9.30. The monoisotopic (exact) mass is 495 g/mol. The number of aromatic nitrogens is 2. The molecule has 0 saturated carbocycles. The molecule has 0 aliphatic heterocycles. The summed E-state index contributed by atoms with van der Waals surface area (Å²) in [4.78, 5) is 29.8. The summed E-state index contributed by atoms with van der Waals surface area (Å²) in [5.74, 6) is -0.191. The van der Waals surface area contributed by atoms with Crippen molar-refractivity contribution < 1.29 is 9.90 Å². The molecule has 152 valence electrons. The van der Waals surface area contributed by atoms with Crippen LogP contribution in [0.5, 0.6) is 0 Å². The van der Waals surface area contributed by atoms with E-state index in [9.17, 15) is 14.7 Å². The summed E-state index contributed by atoms with van der Waals surface area (Å²) in [6, 6.07) is 10.5. The van der Waals surface area contributed by atoms with E-state index < -0.39 is 6.10 Å². The second-order valence-corrected chi connectivity index (χ2v) is 8.89. The summed E-state index contributed by atoms with van der Waals surface area (Å²) < 4.78 is 2.17. The van der Waals surface area contributed by atoms with Gasteiger partial charge >= 0.3 is 0 Å². The number of fused-ring (bicyclic) bond motifs is 1. The summed E-state index contributed by atoms with van der Waals surface area (Å²) in [6.45, 7) is 3.57. The molecule has 29 heavy (non-hydrogen) atoms. The van der Waals surface area contributed by atoms with Crippen molar-refractivity contribution in [3.63, 3.8) is 0 Å². The van der Waals surface area contributed by atoms with E-state index in [4.69, 9.17) is 11.6 Å². The number of carbonyl (C=O) groups is 1. The average Bonchev–Trinajstić information content (AvgIpc) is 2.66. The molecule has 1 atom stereocenters. The molecule has 0 spiro atoms. The third kappa shape index (κ3) is 5.39. The lowest BCUT2D eigenvalue weighted by Gasteiger charge is -2.14. The molecule has 3 aromatic rings. The molecule has 1 unspecified atom stereocenters. The predicted molar refractivity (Wildman–Crippen MR) is 121 cm³/mol. The molecule has 2 aromatic carbocycles. The summed E-state index contributed by atoms with van der Waals surface area (Å²) in [5.41, 5.74) is 1.80. The number of nitrogens with one attached hydrogen (secondary N) is 1. The van der Waals surface area contributed by atoms with Gasteiger partial charge in [-0.1, -0.05) is 45.4 Å². The molecule has 2 N–H and O–H groups in total. The quantitative estimate of drug-likeness (QED) is 0.394. The van der Waals surface area contributed by atoms with Gasteiger partial charge in [-0.05, 0) is 49.7 Å². The average molecular weight is 497 g/mol. The Bertz CT molecular complexity index is 1130. The molecule has 0 aliphatic carbocycles. The van der Waals surface area contributed by atoms with Crippen LogP contribution >= 0.6 is 39.3 Å². The Labute approximate surface area is 185 Å². The minimum Gasteiger partial charge on any atom is -0.392 e. The fourth-order valence-corrected chi connectivity index (χ4v) is 4.06. The van der Waals surface area contributed by atoms with E-state index in [1.807, 2.05) is 13.0 Å². The number of anilines is 1. The van der Waals surface area contributed by atoms with E-state index in [2.05, 4.69) is 26.2 Å². The number of aliphatic hydroxyl groups excluding tert-OH is 1. The standard InChI is InChI=1S/C20H19BrClN3O3S/c1-11-3-5-14(8-16(11)22)23-18(27)10-29-20-24-17-6-4-13(21)7-15(17)19(28)25(20)9-12(2)26/h3-8,12,26H,9-10H2,1-2H3,(H,23,27). The summed E-state index contributed by atoms with van der Waals surface area (Å²) in [6.07, 6.45) is -0.734. The smallest absolute Gasteiger partial charge is 0.262 e. The second-order valence-electron chi connectivity index (χ2n) is 6.62. The molecule has 0 fully saturated rings. The van der Waals surface area contributed by atoms with Crippen molar-refractivity contribution in [2.24, 2.45) is 0 Å². The molecular formula is C20H19BrClN3O3S. The Hall–Kier alpha value is -1.87. The molecule has 0 bridgehead atoms. The van der Waals surface area contributed by atoms with Gasteiger partial charge in [0.2, 0.25) is 5.91 Å². The van der Waals surface area contributed by atoms with Crippen LogP contribution in [0.1, 0.15) is 12.5 Å². The van der Waals surface area contributed by atoms with Crippen LogP contribution in [0.15, 0.2) is 50.8 Å². The molecular weight excluding hydrogens is 478 g/mol. The number of rotatable bonds is 6.